The van der Waals surface area contributed by atoms with Gasteiger partial charge in [-0.25, -0.2) is 4.68 Å². The second-order valence-corrected chi connectivity index (χ2v) is 7.34. The van der Waals surface area contributed by atoms with Gasteiger partial charge in [0, 0.05) is 13.1 Å². The number of hydrogen-bond donors (Lipinski definition) is 0. The molecule has 0 bridgehead atoms. The van der Waals surface area contributed by atoms with Crippen molar-refractivity contribution in [2.75, 3.05) is 13.2 Å². The van der Waals surface area contributed by atoms with Gasteiger partial charge in [-0.2, -0.15) is 9.49 Å². The molecule has 0 N–H and O–H groups in total. The maximum atomic E-state index is 14.3. The summed E-state index contributed by atoms with van der Waals surface area (Å²) in [5.41, 5.74) is 2.75. The standard InChI is InChI=1S/C23H24FN3O2/c1-16-21(22(24)26(2)25-16)23(28)27(19-10-11-19)14-15-29-20-12-8-18(9-13-20)17-6-4-3-5-7-17/h3-9,12-13,19H,10-11,14-15H2,1-2H3. The Balaban J connectivity index is 1.39. The minimum absolute atomic E-state index is 0.0617. The van der Waals surface area contributed by atoms with Gasteiger partial charge in [0.2, 0.25) is 5.95 Å². The number of halogens is 1. The van der Waals surface area contributed by atoms with E-state index in [-0.39, 0.29) is 17.5 Å². The Labute approximate surface area is 169 Å². The zero-order chi connectivity index (χ0) is 20.4. The number of hydrogen-bond acceptors (Lipinski definition) is 3. The average Bonchev–Trinajstić information content (AvgIpc) is 3.53. The molecular formula is C23H24FN3O2. The second kappa shape index (κ2) is 8.07. The first-order valence-electron chi connectivity index (χ1n) is 9.83. The molecule has 0 saturated heterocycles. The molecule has 0 radical (unpaired) electrons. The van der Waals surface area contributed by atoms with E-state index in [1.165, 1.54) is 7.05 Å². The lowest BCUT2D eigenvalue weighted by atomic mass is 10.1. The number of aromatic nitrogens is 2. The number of carbonyl (C=O) groups excluding carboxylic acids is 1. The third kappa shape index (κ3) is 4.16. The number of ether oxygens (including phenoxy) is 1. The molecule has 4 rings (SSSR count). The van der Waals surface area contributed by atoms with Crippen LogP contribution in [0.3, 0.4) is 0 Å². The SMILES string of the molecule is Cc1nn(C)c(F)c1C(=O)N(CCOc1ccc(-c2ccccc2)cc1)C1CC1. The number of amides is 1. The summed E-state index contributed by atoms with van der Waals surface area (Å²) in [6.07, 6.45) is 1.89. The van der Waals surface area contributed by atoms with Crippen molar-refractivity contribution in [3.8, 4) is 16.9 Å². The van der Waals surface area contributed by atoms with Gasteiger partial charge in [0.25, 0.3) is 5.91 Å². The molecule has 6 heteroatoms. The summed E-state index contributed by atoms with van der Waals surface area (Å²) in [5.74, 6) is -0.147. The maximum Gasteiger partial charge on any atom is 0.260 e. The van der Waals surface area contributed by atoms with Crippen molar-refractivity contribution < 1.29 is 13.9 Å². The van der Waals surface area contributed by atoms with Crippen molar-refractivity contribution in [3.05, 3.63) is 71.8 Å². The van der Waals surface area contributed by atoms with Crippen LogP contribution in [0.25, 0.3) is 11.1 Å². The zero-order valence-corrected chi connectivity index (χ0v) is 16.6. The van der Waals surface area contributed by atoms with Gasteiger partial charge in [0.05, 0.1) is 12.2 Å². The van der Waals surface area contributed by atoms with Crippen molar-refractivity contribution in [1.29, 1.82) is 0 Å². The first-order valence-corrected chi connectivity index (χ1v) is 9.83. The summed E-state index contributed by atoms with van der Waals surface area (Å²) in [6, 6.07) is 18.2. The molecule has 1 saturated carbocycles. The highest BCUT2D eigenvalue weighted by Crippen LogP contribution is 2.29. The van der Waals surface area contributed by atoms with Crippen molar-refractivity contribution >= 4 is 5.91 Å². The summed E-state index contributed by atoms with van der Waals surface area (Å²) in [5, 5.41) is 4.02. The van der Waals surface area contributed by atoms with E-state index in [1.54, 1.807) is 11.8 Å². The maximum absolute atomic E-state index is 14.3. The van der Waals surface area contributed by atoms with E-state index in [0.29, 0.717) is 18.8 Å². The molecule has 5 nitrogen and oxygen atoms in total. The molecule has 29 heavy (non-hydrogen) atoms. The normalized spacial score (nSPS) is 13.3. The Morgan fingerprint density at radius 2 is 1.79 bits per heavy atom. The molecule has 1 aliphatic rings. The van der Waals surface area contributed by atoms with Gasteiger partial charge in [0.1, 0.15) is 17.9 Å². The Hall–Kier alpha value is -3.15. The van der Waals surface area contributed by atoms with Crippen molar-refractivity contribution in [3.63, 3.8) is 0 Å². The van der Waals surface area contributed by atoms with Gasteiger partial charge < -0.3 is 9.64 Å². The van der Waals surface area contributed by atoms with Crippen LogP contribution in [-0.4, -0.2) is 39.8 Å². The van der Waals surface area contributed by atoms with Crippen LogP contribution in [0.2, 0.25) is 0 Å². The van der Waals surface area contributed by atoms with Crippen molar-refractivity contribution in [1.82, 2.24) is 14.7 Å². The molecule has 1 heterocycles. The lowest BCUT2D eigenvalue weighted by Gasteiger charge is -2.22. The molecule has 1 aliphatic carbocycles. The highest BCUT2D eigenvalue weighted by Gasteiger charge is 2.35. The van der Waals surface area contributed by atoms with E-state index in [9.17, 15) is 9.18 Å². The number of aryl methyl sites for hydroxylation is 2. The summed E-state index contributed by atoms with van der Waals surface area (Å²) in [6.45, 7) is 2.43. The molecule has 0 spiro atoms. The average molecular weight is 393 g/mol. The van der Waals surface area contributed by atoms with Crippen LogP contribution >= 0.6 is 0 Å². The Kier molecular flexibility index (Phi) is 5.34. The molecule has 1 aromatic heterocycles. The number of nitrogens with zero attached hydrogens (tertiary/aromatic N) is 3. The molecule has 3 aromatic rings. The lowest BCUT2D eigenvalue weighted by molar-refractivity contribution is 0.0710. The molecule has 150 valence electrons. The van der Waals surface area contributed by atoms with Gasteiger partial charge in [-0.1, -0.05) is 42.5 Å². The Bertz CT molecular complexity index is 995. The monoisotopic (exact) mass is 393 g/mol. The highest BCUT2D eigenvalue weighted by atomic mass is 19.1. The van der Waals surface area contributed by atoms with Crippen molar-refractivity contribution in [2.24, 2.45) is 7.05 Å². The van der Waals surface area contributed by atoms with Gasteiger partial charge >= 0.3 is 0 Å². The first kappa shape index (κ1) is 19.2. The van der Waals surface area contributed by atoms with E-state index in [1.807, 2.05) is 42.5 Å². The minimum atomic E-state index is -0.587. The predicted octanol–water partition coefficient (Wildman–Crippen LogP) is 4.22. The van der Waals surface area contributed by atoms with Crippen LogP contribution in [0.15, 0.2) is 54.6 Å². The fourth-order valence-electron chi connectivity index (χ4n) is 3.49. The molecule has 1 fully saturated rings. The molecule has 0 atom stereocenters. The van der Waals surface area contributed by atoms with Crippen LogP contribution < -0.4 is 4.74 Å². The van der Waals surface area contributed by atoms with Crippen LogP contribution in [0.4, 0.5) is 4.39 Å². The third-order valence-electron chi connectivity index (χ3n) is 5.18. The predicted molar refractivity (Wildman–Crippen MR) is 109 cm³/mol. The molecule has 2 aromatic carbocycles. The summed E-state index contributed by atoms with van der Waals surface area (Å²) < 4.78 is 21.3. The number of rotatable bonds is 7. The van der Waals surface area contributed by atoms with Gasteiger partial charge in [-0.15, -0.1) is 0 Å². The molecule has 0 unspecified atom stereocenters. The quantitative estimate of drug-likeness (QED) is 0.604. The zero-order valence-electron chi connectivity index (χ0n) is 16.6. The fourth-order valence-corrected chi connectivity index (χ4v) is 3.49. The first-order chi connectivity index (χ1) is 14.0. The van der Waals surface area contributed by atoms with E-state index in [0.717, 1.165) is 34.4 Å². The lowest BCUT2D eigenvalue weighted by Crippen LogP contribution is -2.37. The van der Waals surface area contributed by atoms with E-state index in [4.69, 9.17) is 4.74 Å². The Morgan fingerprint density at radius 1 is 1.14 bits per heavy atom. The van der Waals surface area contributed by atoms with Crippen LogP contribution in [0.1, 0.15) is 28.9 Å². The minimum Gasteiger partial charge on any atom is -0.492 e. The molecule has 1 amide bonds. The summed E-state index contributed by atoms with van der Waals surface area (Å²) in [7, 11) is 1.50. The van der Waals surface area contributed by atoms with Gasteiger partial charge in [0.15, 0.2) is 0 Å². The van der Waals surface area contributed by atoms with Crippen LogP contribution in [-0.2, 0) is 7.05 Å². The summed E-state index contributed by atoms with van der Waals surface area (Å²) >= 11 is 0. The molecular weight excluding hydrogens is 369 g/mol. The van der Waals surface area contributed by atoms with E-state index >= 15 is 0 Å². The summed E-state index contributed by atoms with van der Waals surface area (Å²) in [4.78, 5) is 14.6. The van der Waals surface area contributed by atoms with E-state index in [2.05, 4.69) is 17.2 Å². The van der Waals surface area contributed by atoms with Gasteiger partial charge in [-0.05, 0) is 43.0 Å². The largest absolute Gasteiger partial charge is 0.492 e. The van der Waals surface area contributed by atoms with E-state index < -0.39 is 5.95 Å². The second-order valence-electron chi connectivity index (χ2n) is 7.34. The third-order valence-corrected chi connectivity index (χ3v) is 5.18. The smallest absolute Gasteiger partial charge is 0.260 e. The van der Waals surface area contributed by atoms with Crippen molar-refractivity contribution in [2.45, 2.75) is 25.8 Å². The fraction of sp³-hybridized carbons (Fsp3) is 0.304. The Morgan fingerprint density at radius 3 is 2.38 bits per heavy atom. The highest BCUT2D eigenvalue weighted by molar-refractivity contribution is 5.95. The number of carbonyl (C=O) groups is 1. The van der Waals surface area contributed by atoms with Crippen LogP contribution in [0, 0.1) is 12.9 Å². The van der Waals surface area contributed by atoms with Crippen LogP contribution in [0.5, 0.6) is 5.75 Å². The van der Waals surface area contributed by atoms with Gasteiger partial charge in [-0.3, -0.25) is 4.79 Å². The molecule has 0 aliphatic heterocycles. The topological polar surface area (TPSA) is 47.4 Å². The number of benzene rings is 2.